The van der Waals surface area contributed by atoms with Crippen LogP contribution in [0.5, 0.6) is 0 Å². The summed E-state index contributed by atoms with van der Waals surface area (Å²) in [5.41, 5.74) is 2.57. The molecule has 12 heteroatoms. The molecule has 0 radical (unpaired) electrons. The van der Waals surface area contributed by atoms with Crippen LogP contribution in [0.1, 0.15) is 5.69 Å². The Labute approximate surface area is 162 Å². The third-order valence-corrected chi connectivity index (χ3v) is 3.87. The number of hydrazone groups is 1. The van der Waals surface area contributed by atoms with Gasteiger partial charge in [-0.2, -0.15) is 5.10 Å². The van der Waals surface area contributed by atoms with Crippen molar-refractivity contribution in [3.63, 3.8) is 0 Å². The maximum atomic E-state index is 11.1. The van der Waals surface area contributed by atoms with Gasteiger partial charge in [0, 0.05) is 24.4 Å². The van der Waals surface area contributed by atoms with Crippen LogP contribution >= 0.6 is 0 Å². The molecule has 1 aromatic heterocycles. The van der Waals surface area contributed by atoms with Crippen molar-refractivity contribution in [3.05, 3.63) is 96.8 Å². The van der Waals surface area contributed by atoms with E-state index in [-0.39, 0.29) is 11.4 Å². The van der Waals surface area contributed by atoms with E-state index < -0.39 is 26.1 Å². The summed E-state index contributed by atoms with van der Waals surface area (Å²) in [6.45, 7) is 0. The molecule has 0 fully saturated rings. The van der Waals surface area contributed by atoms with Gasteiger partial charge >= 0.3 is 5.69 Å². The first-order valence-corrected chi connectivity index (χ1v) is 8.01. The van der Waals surface area contributed by atoms with E-state index in [1.165, 1.54) is 24.4 Å². The minimum atomic E-state index is -0.753. The van der Waals surface area contributed by atoms with E-state index in [2.05, 4.69) is 10.5 Å². The summed E-state index contributed by atoms with van der Waals surface area (Å²) in [7, 11) is 0. The van der Waals surface area contributed by atoms with Gasteiger partial charge in [-0.15, -0.1) is 0 Å². The second-order valence-electron chi connectivity index (χ2n) is 5.67. The molecule has 0 bridgehead atoms. The molecule has 1 heterocycles. The van der Waals surface area contributed by atoms with Crippen LogP contribution in [0, 0.1) is 30.3 Å². The summed E-state index contributed by atoms with van der Waals surface area (Å²) in [6, 6.07) is 12.5. The van der Waals surface area contributed by atoms with Crippen LogP contribution in [0.25, 0.3) is 5.69 Å². The first-order valence-electron chi connectivity index (χ1n) is 8.01. The lowest BCUT2D eigenvalue weighted by Gasteiger charge is -2.06. The predicted octanol–water partition coefficient (Wildman–Crippen LogP) is 3.65. The number of benzene rings is 2. The topological polar surface area (TPSA) is 159 Å². The molecule has 0 saturated heterocycles. The van der Waals surface area contributed by atoms with Gasteiger partial charge in [0.2, 0.25) is 0 Å². The van der Waals surface area contributed by atoms with Crippen LogP contribution < -0.4 is 5.43 Å². The van der Waals surface area contributed by atoms with Gasteiger partial charge in [-0.1, -0.05) is 6.07 Å². The quantitative estimate of drug-likeness (QED) is 0.362. The molecule has 0 aliphatic heterocycles. The van der Waals surface area contributed by atoms with Gasteiger partial charge in [-0.3, -0.25) is 35.8 Å². The zero-order chi connectivity index (χ0) is 21.0. The van der Waals surface area contributed by atoms with E-state index in [9.17, 15) is 30.3 Å². The van der Waals surface area contributed by atoms with E-state index in [4.69, 9.17) is 0 Å². The zero-order valence-corrected chi connectivity index (χ0v) is 14.5. The summed E-state index contributed by atoms with van der Waals surface area (Å²) in [6.07, 6.45) is 3.04. The molecule has 0 aliphatic carbocycles. The van der Waals surface area contributed by atoms with E-state index in [1.54, 1.807) is 35.0 Å². The second-order valence-corrected chi connectivity index (χ2v) is 5.67. The van der Waals surface area contributed by atoms with Gasteiger partial charge in [-0.25, -0.2) is 0 Å². The number of hydrogen-bond donors (Lipinski definition) is 1. The first-order chi connectivity index (χ1) is 13.9. The highest BCUT2D eigenvalue weighted by atomic mass is 16.6. The molecule has 2 aromatic carbocycles. The number of nitro benzene ring substituents is 3. The fourth-order valence-electron chi connectivity index (χ4n) is 2.54. The van der Waals surface area contributed by atoms with Crippen molar-refractivity contribution in [1.82, 2.24) is 4.57 Å². The molecular weight excluding hydrogens is 384 g/mol. The van der Waals surface area contributed by atoms with Gasteiger partial charge in [0.25, 0.3) is 11.4 Å². The Balaban J connectivity index is 1.85. The molecule has 0 spiro atoms. The number of rotatable bonds is 7. The summed E-state index contributed by atoms with van der Waals surface area (Å²) >= 11 is 0. The number of anilines is 1. The van der Waals surface area contributed by atoms with Crippen molar-refractivity contribution in [2.24, 2.45) is 5.10 Å². The number of nitrogens with zero attached hydrogens (tertiary/aromatic N) is 5. The van der Waals surface area contributed by atoms with Crippen LogP contribution in [-0.4, -0.2) is 25.6 Å². The normalized spacial score (nSPS) is 10.8. The Kier molecular flexibility index (Phi) is 5.26. The summed E-state index contributed by atoms with van der Waals surface area (Å²) in [5.74, 6) is 0. The molecule has 29 heavy (non-hydrogen) atoms. The maximum absolute atomic E-state index is 11.1. The summed E-state index contributed by atoms with van der Waals surface area (Å²) in [4.78, 5) is 30.9. The molecule has 3 rings (SSSR count). The van der Waals surface area contributed by atoms with Crippen LogP contribution in [-0.2, 0) is 0 Å². The van der Waals surface area contributed by atoms with Gasteiger partial charge in [-0.05, 0) is 24.3 Å². The Bertz CT molecular complexity index is 1140. The van der Waals surface area contributed by atoms with Crippen molar-refractivity contribution < 1.29 is 14.8 Å². The van der Waals surface area contributed by atoms with Crippen LogP contribution in [0.2, 0.25) is 0 Å². The largest absolute Gasteiger partial charge is 0.315 e. The van der Waals surface area contributed by atoms with Crippen molar-refractivity contribution in [2.75, 3.05) is 5.43 Å². The van der Waals surface area contributed by atoms with Gasteiger partial charge in [0.15, 0.2) is 0 Å². The monoisotopic (exact) mass is 396 g/mol. The molecule has 0 amide bonds. The third-order valence-electron chi connectivity index (χ3n) is 3.87. The molecule has 1 N–H and O–H groups in total. The predicted molar refractivity (Wildman–Crippen MR) is 103 cm³/mol. The Morgan fingerprint density at radius 1 is 0.862 bits per heavy atom. The highest BCUT2D eigenvalue weighted by Gasteiger charge is 2.19. The molecule has 12 nitrogen and oxygen atoms in total. The van der Waals surface area contributed by atoms with E-state index in [1.807, 2.05) is 0 Å². The van der Waals surface area contributed by atoms with Gasteiger partial charge < -0.3 is 4.57 Å². The molecule has 0 unspecified atom stereocenters. The standard InChI is InChI=1S/C17H12N6O6/c24-21(25)13-4-1-3-12(9-13)20-8-2-5-15(20)11-18-19-16-7-6-14(22(26)27)10-17(16)23(28)29/h1-11,19H/b18-11-. The summed E-state index contributed by atoms with van der Waals surface area (Å²) in [5, 5.41) is 36.8. The van der Waals surface area contributed by atoms with E-state index in [0.717, 1.165) is 12.1 Å². The average molecular weight is 396 g/mol. The van der Waals surface area contributed by atoms with Crippen molar-refractivity contribution in [3.8, 4) is 5.69 Å². The molecular formula is C17H12N6O6. The van der Waals surface area contributed by atoms with Gasteiger partial charge in [0.1, 0.15) is 5.69 Å². The molecule has 3 aromatic rings. The van der Waals surface area contributed by atoms with Crippen molar-refractivity contribution in [1.29, 1.82) is 0 Å². The Morgan fingerprint density at radius 2 is 1.59 bits per heavy atom. The SMILES string of the molecule is O=[N+]([O-])c1cccc(-n2cccc2/C=N\Nc2ccc([N+](=O)[O-])cc2[N+](=O)[O-])c1. The lowest BCUT2D eigenvalue weighted by Crippen LogP contribution is -2.01. The lowest BCUT2D eigenvalue weighted by atomic mass is 10.2. The van der Waals surface area contributed by atoms with Crippen LogP contribution in [0.3, 0.4) is 0 Å². The van der Waals surface area contributed by atoms with E-state index in [0.29, 0.717) is 11.4 Å². The van der Waals surface area contributed by atoms with Crippen molar-refractivity contribution in [2.45, 2.75) is 0 Å². The number of non-ortho nitro benzene ring substituents is 2. The first kappa shape index (κ1) is 19.2. The summed E-state index contributed by atoms with van der Waals surface area (Å²) < 4.78 is 1.64. The molecule has 0 saturated carbocycles. The average Bonchev–Trinajstić information content (AvgIpc) is 3.16. The number of nitrogens with one attached hydrogen (secondary N) is 1. The molecule has 0 atom stereocenters. The number of aromatic nitrogens is 1. The molecule has 0 aliphatic rings. The minimum absolute atomic E-state index is 0.0229. The van der Waals surface area contributed by atoms with Crippen LogP contribution in [0.15, 0.2) is 65.9 Å². The zero-order valence-electron chi connectivity index (χ0n) is 14.5. The number of nitro groups is 3. The number of hydrogen-bond acceptors (Lipinski definition) is 8. The molecule has 146 valence electrons. The maximum Gasteiger partial charge on any atom is 0.301 e. The highest BCUT2D eigenvalue weighted by Crippen LogP contribution is 2.29. The third kappa shape index (κ3) is 4.21. The fraction of sp³-hybridized carbons (Fsp3) is 0. The van der Waals surface area contributed by atoms with Crippen LogP contribution in [0.4, 0.5) is 22.7 Å². The highest BCUT2D eigenvalue weighted by molar-refractivity contribution is 5.80. The van der Waals surface area contributed by atoms with E-state index >= 15 is 0 Å². The second kappa shape index (κ2) is 7.96. The Morgan fingerprint density at radius 3 is 2.28 bits per heavy atom. The smallest absolute Gasteiger partial charge is 0.301 e. The fourth-order valence-corrected chi connectivity index (χ4v) is 2.54. The van der Waals surface area contributed by atoms with Gasteiger partial charge in [0.05, 0.1) is 38.4 Å². The Hall–Kier alpha value is -4.61. The lowest BCUT2D eigenvalue weighted by molar-refractivity contribution is -0.393. The van der Waals surface area contributed by atoms with Crippen molar-refractivity contribution >= 4 is 29.0 Å². The minimum Gasteiger partial charge on any atom is -0.315 e.